The number of nitrogens with one attached hydrogen (secondary N) is 1. The molecule has 122 valence electrons. The number of nitrogens with zero attached hydrogens (tertiary/aromatic N) is 1. The highest BCUT2D eigenvalue weighted by Gasteiger charge is 2.13. The summed E-state index contributed by atoms with van der Waals surface area (Å²) in [6, 6.07) is 0.680. The molecule has 1 atom stereocenters. The Morgan fingerprint density at radius 3 is 1.75 bits per heavy atom. The molecule has 0 aliphatic heterocycles. The van der Waals surface area contributed by atoms with Crippen LogP contribution in [-0.2, 0) is 0 Å². The van der Waals surface area contributed by atoms with E-state index < -0.39 is 0 Å². The Labute approximate surface area is 128 Å². The molecule has 1 unspecified atom stereocenters. The molecule has 0 heterocycles. The maximum absolute atomic E-state index is 3.73. The van der Waals surface area contributed by atoms with E-state index in [9.17, 15) is 0 Å². The van der Waals surface area contributed by atoms with Gasteiger partial charge in [-0.15, -0.1) is 0 Å². The van der Waals surface area contributed by atoms with Crippen LogP contribution < -0.4 is 5.32 Å². The van der Waals surface area contributed by atoms with Crippen LogP contribution in [0.15, 0.2) is 0 Å². The molecule has 0 rings (SSSR count). The zero-order chi connectivity index (χ0) is 15.4. The number of hydrogen-bond acceptors (Lipinski definition) is 2. The minimum atomic E-state index is 0.680. The molecule has 0 amide bonds. The first-order valence-electron chi connectivity index (χ1n) is 8.95. The average Bonchev–Trinajstić information content (AvgIpc) is 2.38. The molecule has 2 nitrogen and oxygen atoms in total. The summed E-state index contributed by atoms with van der Waals surface area (Å²) in [5, 5.41) is 3.73. The van der Waals surface area contributed by atoms with Crippen LogP contribution in [0.5, 0.6) is 0 Å². The van der Waals surface area contributed by atoms with E-state index in [4.69, 9.17) is 0 Å². The standard InChI is InChI=1S/C18H40N2/c1-7-9-18(19-12-8-2)15-20(13-10-16(3)4)14-11-17(5)6/h16-19H,7-15H2,1-6H3. The first-order chi connectivity index (χ1) is 9.49. The lowest BCUT2D eigenvalue weighted by Crippen LogP contribution is -2.42. The first-order valence-corrected chi connectivity index (χ1v) is 8.95. The van der Waals surface area contributed by atoms with Crippen molar-refractivity contribution in [3.05, 3.63) is 0 Å². The van der Waals surface area contributed by atoms with Gasteiger partial charge in [-0.2, -0.15) is 0 Å². The van der Waals surface area contributed by atoms with Gasteiger partial charge in [0, 0.05) is 12.6 Å². The van der Waals surface area contributed by atoms with Gasteiger partial charge in [0.05, 0.1) is 0 Å². The van der Waals surface area contributed by atoms with Crippen molar-refractivity contribution >= 4 is 0 Å². The van der Waals surface area contributed by atoms with E-state index in [1.165, 1.54) is 51.7 Å². The third-order valence-electron chi connectivity index (χ3n) is 3.84. The molecular weight excluding hydrogens is 244 g/mol. The molecule has 0 aromatic rings. The van der Waals surface area contributed by atoms with Gasteiger partial charge in [0.1, 0.15) is 0 Å². The van der Waals surface area contributed by atoms with Crippen molar-refractivity contribution in [3.8, 4) is 0 Å². The van der Waals surface area contributed by atoms with Crippen molar-refractivity contribution in [1.29, 1.82) is 0 Å². The van der Waals surface area contributed by atoms with Gasteiger partial charge in [-0.3, -0.25) is 0 Å². The molecule has 0 spiro atoms. The summed E-state index contributed by atoms with van der Waals surface area (Å²) in [4.78, 5) is 2.70. The maximum Gasteiger partial charge on any atom is 0.0194 e. The number of rotatable bonds is 13. The van der Waals surface area contributed by atoms with E-state index >= 15 is 0 Å². The summed E-state index contributed by atoms with van der Waals surface area (Å²) < 4.78 is 0. The normalized spacial score (nSPS) is 13.7. The lowest BCUT2D eigenvalue weighted by molar-refractivity contribution is 0.213. The minimum absolute atomic E-state index is 0.680. The zero-order valence-electron chi connectivity index (χ0n) is 15.0. The molecule has 0 saturated heterocycles. The summed E-state index contributed by atoms with van der Waals surface area (Å²) in [6.45, 7) is 18.8. The molecule has 0 aromatic carbocycles. The van der Waals surface area contributed by atoms with Crippen LogP contribution >= 0.6 is 0 Å². The van der Waals surface area contributed by atoms with Crippen molar-refractivity contribution in [2.75, 3.05) is 26.2 Å². The summed E-state index contributed by atoms with van der Waals surface area (Å²) in [5.41, 5.74) is 0. The van der Waals surface area contributed by atoms with Gasteiger partial charge in [0.15, 0.2) is 0 Å². The van der Waals surface area contributed by atoms with Crippen LogP contribution in [0, 0.1) is 11.8 Å². The predicted molar refractivity (Wildman–Crippen MR) is 92.3 cm³/mol. The minimum Gasteiger partial charge on any atom is -0.313 e. The molecule has 0 bridgehead atoms. The van der Waals surface area contributed by atoms with E-state index in [2.05, 4.69) is 51.8 Å². The monoisotopic (exact) mass is 284 g/mol. The van der Waals surface area contributed by atoms with Crippen molar-refractivity contribution in [3.63, 3.8) is 0 Å². The van der Waals surface area contributed by atoms with Gasteiger partial charge < -0.3 is 10.2 Å². The van der Waals surface area contributed by atoms with Crippen LogP contribution in [0.4, 0.5) is 0 Å². The lowest BCUT2D eigenvalue weighted by Gasteiger charge is -2.29. The second kappa shape index (κ2) is 12.6. The van der Waals surface area contributed by atoms with Gasteiger partial charge in [-0.05, 0) is 57.2 Å². The van der Waals surface area contributed by atoms with Gasteiger partial charge in [-0.1, -0.05) is 48.0 Å². The van der Waals surface area contributed by atoms with Crippen LogP contribution in [0.1, 0.15) is 73.6 Å². The number of hydrogen-bond donors (Lipinski definition) is 1. The molecule has 0 radical (unpaired) electrons. The largest absolute Gasteiger partial charge is 0.313 e. The maximum atomic E-state index is 3.73. The molecule has 0 fully saturated rings. The predicted octanol–water partition coefficient (Wildman–Crippen LogP) is 4.55. The molecule has 0 aliphatic carbocycles. The zero-order valence-corrected chi connectivity index (χ0v) is 15.0. The summed E-state index contributed by atoms with van der Waals surface area (Å²) in [7, 11) is 0. The van der Waals surface area contributed by atoms with E-state index in [1.807, 2.05) is 0 Å². The second-order valence-corrected chi connectivity index (χ2v) is 7.11. The third kappa shape index (κ3) is 11.7. The Bertz CT molecular complexity index is 190. The quantitative estimate of drug-likeness (QED) is 0.534. The van der Waals surface area contributed by atoms with Crippen LogP contribution in [0.3, 0.4) is 0 Å². The van der Waals surface area contributed by atoms with Gasteiger partial charge in [0.2, 0.25) is 0 Å². The highest BCUT2D eigenvalue weighted by atomic mass is 15.1. The Balaban J connectivity index is 4.30. The molecule has 0 aliphatic rings. The smallest absolute Gasteiger partial charge is 0.0194 e. The van der Waals surface area contributed by atoms with E-state index in [0.717, 1.165) is 18.4 Å². The Morgan fingerprint density at radius 2 is 1.35 bits per heavy atom. The Kier molecular flexibility index (Phi) is 12.6. The van der Waals surface area contributed by atoms with Crippen molar-refractivity contribution in [1.82, 2.24) is 10.2 Å². The second-order valence-electron chi connectivity index (χ2n) is 7.11. The summed E-state index contributed by atoms with van der Waals surface area (Å²) in [5.74, 6) is 1.62. The summed E-state index contributed by atoms with van der Waals surface area (Å²) >= 11 is 0. The topological polar surface area (TPSA) is 15.3 Å². The lowest BCUT2D eigenvalue weighted by atomic mass is 10.1. The van der Waals surface area contributed by atoms with Crippen molar-refractivity contribution < 1.29 is 0 Å². The van der Waals surface area contributed by atoms with Crippen molar-refractivity contribution in [2.24, 2.45) is 11.8 Å². The van der Waals surface area contributed by atoms with Crippen LogP contribution in [-0.4, -0.2) is 37.1 Å². The highest BCUT2D eigenvalue weighted by molar-refractivity contribution is 4.73. The van der Waals surface area contributed by atoms with E-state index in [-0.39, 0.29) is 0 Å². The fourth-order valence-corrected chi connectivity index (χ4v) is 2.44. The first kappa shape index (κ1) is 19.9. The van der Waals surface area contributed by atoms with Crippen LogP contribution in [0.2, 0.25) is 0 Å². The SMILES string of the molecule is CCCNC(CCC)CN(CCC(C)C)CCC(C)C. The van der Waals surface area contributed by atoms with Gasteiger partial charge >= 0.3 is 0 Å². The average molecular weight is 285 g/mol. The fraction of sp³-hybridized carbons (Fsp3) is 1.00. The van der Waals surface area contributed by atoms with Crippen LogP contribution in [0.25, 0.3) is 0 Å². The Morgan fingerprint density at radius 1 is 0.800 bits per heavy atom. The highest BCUT2D eigenvalue weighted by Crippen LogP contribution is 2.09. The molecule has 1 N–H and O–H groups in total. The molecule has 20 heavy (non-hydrogen) atoms. The Hall–Kier alpha value is -0.0800. The molecule has 0 aromatic heterocycles. The third-order valence-corrected chi connectivity index (χ3v) is 3.84. The summed E-state index contributed by atoms with van der Waals surface area (Å²) in [6.07, 6.45) is 6.47. The van der Waals surface area contributed by atoms with Gasteiger partial charge in [-0.25, -0.2) is 0 Å². The van der Waals surface area contributed by atoms with E-state index in [0.29, 0.717) is 6.04 Å². The van der Waals surface area contributed by atoms with Crippen molar-refractivity contribution in [2.45, 2.75) is 79.7 Å². The molecule has 2 heteroatoms. The molecular formula is C18H40N2. The van der Waals surface area contributed by atoms with Gasteiger partial charge in [0.25, 0.3) is 0 Å². The van der Waals surface area contributed by atoms with E-state index in [1.54, 1.807) is 0 Å². The molecule has 0 saturated carbocycles. The fourth-order valence-electron chi connectivity index (χ4n) is 2.44.